The van der Waals surface area contributed by atoms with Crippen molar-refractivity contribution in [3.8, 4) is 0 Å². The van der Waals surface area contributed by atoms with Gasteiger partial charge in [-0.1, -0.05) is 54.0 Å². The van der Waals surface area contributed by atoms with E-state index in [0.717, 1.165) is 6.42 Å². The van der Waals surface area contributed by atoms with Gasteiger partial charge in [-0.3, -0.25) is 0 Å². The van der Waals surface area contributed by atoms with Crippen LogP contribution in [0.1, 0.15) is 32.8 Å². The first kappa shape index (κ1) is 15.6. The molecule has 1 aromatic carbocycles. The molecule has 0 N–H and O–H groups in total. The van der Waals surface area contributed by atoms with Crippen LogP contribution in [0.2, 0.25) is 0 Å². The first-order valence-electron chi connectivity index (χ1n) is 6.90. The summed E-state index contributed by atoms with van der Waals surface area (Å²) in [6.07, 6.45) is 3.33. The number of allylic oxidation sites excluding steroid dienone is 2. The largest absolute Gasteiger partial charge is 0.205 e. The highest BCUT2D eigenvalue weighted by Gasteiger charge is 2.17. The molecule has 0 saturated carbocycles. The lowest BCUT2D eigenvalue weighted by molar-refractivity contribution is -0.877. The standard InChI is InChI=1S/C17H27N2/c1-14(2)12-13-15(3)17(18-19(4,5)6)16-10-8-7-9-11-16/h7-12,15H,13H2,1-6H3/q+1. The average molecular weight is 259 g/mol. The molecule has 1 unspecified atom stereocenters. The van der Waals surface area contributed by atoms with Crippen molar-refractivity contribution < 1.29 is 4.59 Å². The first-order chi connectivity index (χ1) is 8.79. The van der Waals surface area contributed by atoms with Gasteiger partial charge in [-0.05, 0) is 20.3 Å². The van der Waals surface area contributed by atoms with Crippen LogP contribution >= 0.6 is 0 Å². The Morgan fingerprint density at radius 3 is 2.21 bits per heavy atom. The maximum absolute atomic E-state index is 4.88. The van der Waals surface area contributed by atoms with E-state index < -0.39 is 0 Å². The van der Waals surface area contributed by atoms with Crippen LogP contribution in [0.25, 0.3) is 0 Å². The number of rotatable bonds is 5. The fourth-order valence-electron chi connectivity index (χ4n) is 1.90. The minimum absolute atomic E-state index is 0.426. The molecule has 0 heterocycles. The summed E-state index contributed by atoms with van der Waals surface area (Å²) in [5, 5.41) is 4.88. The smallest absolute Gasteiger partial charge is 0.106 e. The second-order valence-electron chi connectivity index (χ2n) is 6.21. The summed E-state index contributed by atoms with van der Waals surface area (Å²) in [6, 6.07) is 10.5. The van der Waals surface area contributed by atoms with E-state index >= 15 is 0 Å². The summed E-state index contributed by atoms with van der Waals surface area (Å²) in [5.41, 5.74) is 3.78. The Morgan fingerprint density at radius 2 is 1.74 bits per heavy atom. The van der Waals surface area contributed by atoms with E-state index in [2.05, 4.69) is 72.3 Å². The van der Waals surface area contributed by atoms with Crippen LogP contribution in [-0.4, -0.2) is 31.4 Å². The Labute approximate surface area is 118 Å². The van der Waals surface area contributed by atoms with Crippen LogP contribution < -0.4 is 0 Å². The van der Waals surface area contributed by atoms with Gasteiger partial charge in [0.2, 0.25) is 0 Å². The van der Waals surface area contributed by atoms with Crippen molar-refractivity contribution in [2.24, 2.45) is 11.0 Å². The zero-order chi connectivity index (χ0) is 14.5. The maximum atomic E-state index is 4.88. The highest BCUT2D eigenvalue weighted by Crippen LogP contribution is 2.16. The Hall–Kier alpha value is -1.41. The molecule has 104 valence electrons. The third-order valence-corrected chi connectivity index (χ3v) is 2.82. The van der Waals surface area contributed by atoms with Gasteiger partial charge in [0.05, 0.1) is 21.1 Å². The minimum Gasteiger partial charge on any atom is -0.205 e. The van der Waals surface area contributed by atoms with Crippen molar-refractivity contribution in [3.63, 3.8) is 0 Å². The monoisotopic (exact) mass is 259 g/mol. The average Bonchev–Trinajstić information content (AvgIpc) is 2.33. The highest BCUT2D eigenvalue weighted by atomic mass is 15.6. The van der Waals surface area contributed by atoms with E-state index in [0.29, 0.717) is 10.5 Å². The molecule has 0 aromatic heterocycles. The van der Waals surface area contributed by atoms with Crippen molar-refractivity contribution in [2.75, 3.05) is 21.1 Å². The Kier molecular flexibility index (Phi) is 5.49. The Morgan fingerprint density at radius 1 is 1.16 bits per heavy atom. The van der Waals surface area contributed by atoms with Gasteiger partial charge in [0.1, 0.15) is 5.71 Å². The summed E-state index contributed by atoms with van der Waals surface area (Å²) in [6.45, 7) is 6.54. The zero-order valence-corrected chi connectivity index (χ0v) is 13.1. The molecule has 1 atom stereocenters. The third-order valence-electron chi connectivity index (χ3n) is 2.82. The van der Waals surface area contributed by atoms with Crippen LogP contribution in [0.3, 0.4) is 0 Å². The van der Waals surface area contributed by atoms with Crippen molar-refractivity contribution in [1.82, 2.24) is 0 Å². The number of benzene rings is 1. The molecule has 0 saturated heterocycles. The van der Waals surface area contributed by atoms with E-state index in [-0.39, 0.29) is 0 Å². The number of quaternary nitrogens is 1. The van der Waals surface area contributed by atoms with Crippen molar-refractivity contribution >= 4 is 5.71 Å². The van der Waals surface area contributed by atoms with Crippen LogP contribution in [-0.2, 0) is 0 Å². The molecule has 1 rings (SSSR count). The first-order valence-corrected chi connectivity index (χ1v) is 6.90. The van der Waals surface area contributed by atoms with Crippen LogP contribution in [0, 0.1) is 5.92 Å². The third kappa shape index (κ3) is 5.84. The molecule has 2 heteroatoms. The molecule has 1 aromatic rings. The van der Waals surface area contributed by atoms with Crippen molar-refractivity contribution in [1.29, 1.82) is 0 Å². The normalized spacial score (nSPS) is 14.1. The van der Waals surface area contributed by atoms with E-state index in [1.165, 1.54) is 16.8 Å². The lowest BCUT2D eigenvalue weighted by Gasteiger charge is -2.21. The number of nitrogens with zero attached hydrogens (tertiary/aromatic N) is 2. The second-order valence-corrected chi connectivity index (χ2v) is 6.21. The number of hydrogen-bond acceptors (Lipinski definition) is 1. The fraction of sp³-hybridized carbons (Fsp3) is 0.471. The zero-order valence-electron chi connectivity index (χ0n) is 13.1. The van der Waals surface area contributed by atoms with E-state index in [1.54, 1.807) is 0 Å². The minimum atomic E-state index is 0.426. The summed E-state index contributed by atoms with van der Waals surface area (Å²) in [7, 11) is 6.28. The predicted molar refractivity (Wildman–Crippen MR) is 84.2 cm³/mol. The van der Waals surface area contributed by atoms with Crippen LogP contribution in [0.5, 0.6) is 0 Å². The Balaban J connectivity index is 3.07. The molecule has 0 aliphatic heterocycles. The molecule has 0 spiro atoms. The van der Waals surface area contributed by atoms with Gasteiger partial charge in [-0.25, -0.2) is 4.59 Å². The predicted octanol–water partition coefficient (Wildman–Crippen LogP) is 4.09. The second kappa shape index (κ2) is 6.67. The summed E-state index contributed by atoms with van der Waals surface area (Å²) < 4.78 is 0.601. The van der Waals surface area contributed by atoms with Crippen molar-refractivity contribution in [2.45, 2.75) is 27.2 Å². The summed E-state index contributed by atoms with van der Waals surface area (Å²) >= 11 is 0. The molecule has 0 fully saturated rings. The molecule has 0 bridgehead atoms. The molecule has 0 aliphatic rings. The highest BCUT2D eigenvalue weighted by molar-refractivity contribution is 6.01. The summed E-state index contributed by atoms with van der Waals surface area (Å²) in [5.74, 6) is 0.426. The SMILES string of the molecule is CC(C)=CCC(C)C(=N[N+](C)(C)C)c1ccccc1. The lowest BCUT2D eigenvalue weighted by Crippen LogP contribution is -2.31. The van der Waals surface area contributed by atoms with Crippen molar-refractivity contribution in [3.05, 3.63) is 47.5 Å². The van der Waals surface area contributed by atoms with Gasteiger partial charge >= 0.3 is 0 Å². The molecule has 2 nitrogen and oxygen atoms in total. The fourth-order valence-corrected chi connectivity index (χ4v) is 1.90. The van der Waals surface area contributed by atoms with Gasteiger partial charge in [0, 0.05) is 11.5 Å². The molecule has 19 heavy (non-hydrogen) atoms. The van der Waals surface area contributed by atoms with Gasteiger partial charge in [0.25, 0.3) is 0 Å². The molecule has 0 amide bonds. The quantitative estimate of drug-likeness (QED) is 0.327. The molecular formula is C17H27N2+. The molecule has 0 radical (unpaired) electrons. The van der Waals surface area contributed by atoms with Gasteiger partial charge < -0.3 is 0 Å². The topological polar surface area (TPSA) is 12.4 Å². The molecule has 0 aliphatic carbocycles. The van der Waals surface area contributed by atoms with E-state index in [4.69, 9.17) is 5.10 Å². The van der Waals surface area contributed by atoms with Gasteiger partial charge in [-0.2, -0.15) is 0 Å². The summed E-state index contributed by atoms with van der Waals surface area (Å²) in [4.78, 5) is 0. The number of hydrogen-bond donors (Lipinski definition) is 0. The van der Waals surface area contributed by atoms with Gasteiger partial charge in [-0.15, -0.1) is 0 Å². The lowest BCUT2D eigenvalue weighted by atomic mass is 9.94. The van der Waals surface area contributed by atoms with E-state index in [1.807, 2.05) is 6.07 Å². The molecular weight excluding hydrogens is 232 g/mol. The Bertz CT molecular complexity index is 446. The van der Waals surface area contributed by atoms with Crippen LogP contribution in [0.15, 0.2) is 47.1 Å². The van der Waals surface area contributed by atoms with Gasteiger partial charge in [0.15, 0.2) is 0 Å². The maximum Gasteiger partial charge on any atom is 0.106 e. The van der Waals surface area contributed by atoms with E-state index in [9.17, 15) is 0 Å². The van der Waals surface area contributed by atoms with Crippen LogP contribution in [0.4, 0.5) is 0 Å².